The van der Waals surface area contributed by atoms with Crippen LogP contribution < -0.4 is 10.6 Å². The van der Waals surface area contributed by atoms with Gasteiger partial charge in [0.25, 0.3) is 5.91 Å². The average Bonchev–Trinajstić information content (AvgIpc) is 2.52. The molecule has 2 N–H and O–H groups in total. The third-order valence-electron chi connectivity index (χ3n) is 3.18. The quantitative estimate of drug-likeness (QED) is 0.889. The van der Waals surface area contributed by atoms with E-state index < -0.39 is 11.7 Å². The zero-order chi connectivity index (χ0) is 18.4. The van der Waals surface area contributed by atoms with Crippen molar-refractivity contribution >= 4 is 17.8 Å². The molecule has 25 heavy (non-hydrogen) atoms. The molecule has 2 aromatic rings. The van der Waals surface area contributed by atoms with Crippen molar-refractivity contribution in [2.24, 2.45) is 0 Å². The topological polar surface area (TPSA) is 80.3 Å². The number of anilines is 1. The molecule has 0 aliphatic heterocycles. The Morgan fingerprint density at radius 2 is 1.76 bits per heavy atom. The molecule has 0 radical (unpaired) electrons. The molecule has 0 unspecified atom stereocenters. The number of hydrogen-bond donors (Lipinski definition) is 2. The number of nitrogens with one attached hydrogen (secondary N) is 2. The van der Waals surface area contributed by atoms with Gasteiger partial charge in [-0.2, -0.15) is 0 Å². The number of carbonyl (C=O) groups excluding carboxylic acids is 2. The van der Waals surface area contributed by atoms with E-state index in [1.165, 1.54) is 0 Å². The first kappa shape index (κ1) is 18.4. The van der Waals surface area contributed by atoms with Crippen molar-refractivity contribution < 1.29 is 14.3 Å². The summed E-state index contributed by atoms with van der Waals surface area (Å²) in [5, 5.41) is 5.43. The average molecular weight is 341 g/mol. The molecule has 0 saturated heterocycles. The number of pyridine rings is 1. The summed E-state index contributed by atoms with van der Waals surface area (Å²) in [5.74, 6) is 0.283. The maximum absolute atomic E-state index is 12.2. The lowest BCUT2D eigenvalue weighted by molar-refractivity contribution is 0.0523. The van der Waals surface area contributed by atoms with Gasteiger partial charge < -0.3 is 15.4 Å². The number of alkyl carbamates (subject to hydrolysis) is 1. The van der Waals surface area contributed by atoms with Crippen molar-refractivity contribution in [1.82, 2.24) is 10.3 Å². The second-order valence-corrected chi connectivity index (χ2v) is 6.67. The lowest BCUT2D eigenvalue weighted by Gasteiger charge is -2.19. The van der Waals surface area contributed by atoms with E-state index in [9.17, 15) is 9.59 Å². The van der Waals surface area contributed by atoms with Crippen LogP contribution in [0.5, 0.6) is 0 Å². The number of rotatable bonds is 4. The van der Waals surface area contributed by atoms with Gasteiger partial charge in [0.05, 0.1) is 0 Å². The van der Waals surface area contributed by atoms with Crippen molar-refractivity contribution in [3.05, 3.63) is 59.3 Å². The maximum Gasteiger partial charge on any atom is 0.407 e. The molecule has 0 fully saturated rings. The summed E-state index contributed by atoms with van der Waals surface area (Å²) in [6.45, 7) is 7.62. The molecular weight excluding hydrogens is 318 g/mol. The Kier molecular flexibility index (Phi) is 5.75. The monoisotopic (exact) mass is 341 g/mol. The van der Waals surface area contributed by atoms with E-state index >= 15 is 0 Å². The predicted octanol–water partition coefficient (Wildman–Crippen LogP) is 3.67. The van der Waals surface area contributed by atoms with Crippen molar-refractivity contribution in [2.75, 3.05) is 5.32 Å². The zero-order valence-corrected chi connectivity index (χ0v) is 14.9. The van der Waals surface area contributed by atoms with Crippen LogP contribution >= 0.6 is 0 Å². The number of amides is 2. The Balaban J connectivity index is 1.91. The molecule has 0 spiro atoms. The van der Waals surface area contributed by atoms with Gasteiger partial charge in [0, 0.05) is 17.8 Å². The molecule has 132 valence electrons. The smallest absolute Gasteiger partial charge is 0.407 e. The van der Waals surface area contributed by atoms with Crippen molar-refractivity contribution in [3.8, 4) is 0 Å². The summed E-state index contributed by atoms with van der Waals surface area (Å²) in [5.41, 5.74) is 1.69. The van der Waals surface area contributed by atoms with E-state index in [4.69, 9.17) is 4.74 Å². The molecule has 1 aromatic carbocycles. The van der Waals surface area contributed by atoms with Gasteiger partial charge in [0.1, 0.15) is 11.4 Å². The number of aromatic nitrogens is 1. The fraction of sp³-hybridized carbons (Fsp3) is 0.316. The van der Waals surface area contributed by atoms with E-state index in [-0.39, 0.29) is 5.91 Å². The van der Waals surface area contributed by atoms with Crippen LogP contribution in [0.2, 0.25) is 0 Å². The first-order chi connectivity index (χ1) is 11.7. The second-order valence-electron chi connectivity index (χ2n) is 6.67. The molecule has 0 saturated carbocycles. The molecule has 6 heteroatoms. The van der Waals surface area contributed by atoms with E-state index in [2.05, 4.69) is 15.6 Å². The minimum atomic E-state index is -0.532. The van der Waals surface area contributed by atoms with Crippen molar-refractivity contribution in [2.45, 2.75) is 39.8 Å². The lowest BCUT2D eigenvalue weighted by atomic mass is 10.1. The van der Waals surface area contributed by atoms with Gasteiger partial charge in [-0.3, -0.25) is 4.79 Å². The molecule has 0 aliphatic rings. The number of carbonyl (C=O) groups is 2. The van der Waals surface area contributed by atoms with Crippen LogP contribution in [-0.4, -0.2) is 22.6 Å². The van der Waals surface area contributed by atoms with Gasteiger partial charge in [0.2, 0.25) is 0 Å². The number of benzene rings is 1. The number of hydrogen-bond acceptors (Lipinski definition) is 4. The van der Waals surface area contributed by atoms with Crippen LogP contribution in [0, 0.1) is 6.92 Å². The van der Waals surface area contributed by atoms with Crippen LogP contribution in [0.15, 0.2) is 42.5 Å². The highest BCUT2D eigenvalue weighted by molar-refractivity contribution is 6.03. The third kappa shape index (κ3) is 6.25. The van der Waals surface area contributed by atoms with Crippen molar-refractivity contribution in [3.63, 3.8) is 0 Å². The Bertz CT molecular complexity index is 749. The molecule has 6 nitrogen and oxygen atoms in total. The first-order valence-corrected chi connectivity index (χ1v) is 8.04. The standard InChI is InChI=1S/C19H23N3O3/c1-13-6-5-7-16(21-13)22-17(23)15-10-8-14(9-11-15)12-20-18(24)25-19(2,3)4/h5-11H,12H2,1-4H3,(H,20,24)(H,21,22,23). The minimum absolute atomic E-state index is 0.232. The Labute approximate surface area is 147 Å². The fourth-order valence-electron chi connectivity index (χ4n) is 2.06. The van der Waals surface area contributed by atoms with Gasteiger partial charge in [0.15, 0.2) is 0 Å². The van der Waals surface area contributed by atoms with Gasteiger partial charge in [-0.25, -0.2) is 9.78 Å². The molecule has 2 amide bonds. The van der Waals surface area contributed by atoms with Crippen LogP contribution in [-0.2, 0) is 11.3 Å². The summed E-state index contributed by atoms with van der Waals surface area (Å²) < 4.78 is 5.18. The SMILES string of the molecule is Cc1cccc(NC(=O)c2ccc(CNC(=O)OC(C)(C)C)cc2)n1. The highest BCUT2D eigenvalue weighted by Crippen LogP contribution is 2.10. The van der Waals surface area contributed by atoms with E-state index in [0.29, 0.717) is 17.9 Å². The largest absolute Gasteiger partial charge is 0.444 e. The summed E-state index contributed by atoms with van der Waals surface area (Å²) in [7, 11) is 0. The van der Waals surface area contributed by atoms with Gasteiger partial charge in [-0.1, -0.05) is 18.2 Å². The van der Waals surface area contributed by atoms with Crippen LogP contribution in [0.3, 0.4) is 0 Å². The summed E-state index contributed by atoms with van der Waals surface area (Å²) in [6, 6.07) is 12.4. The Hall–Kier alpha value is -2.89. The molecule has 1 aromatic heterocycles. The first-order valence-electron chi connectivity index (χ1n) is 8.04. The molecule has 0 aliphatic carbocycles. The number of ether oxygens (including phenoxy) is 1. The minimum Gasteiger partial charge on any atom is -0.444 e. The molecule has 0 bridgehead atoms. The number of aryl methyl sites for hydroxylation is 1. The van der Waals surface area contributed by atoms with Crippen LogP contribution in [0.4, 0.5) is 10.6 Å². The Morgan fingerprint density at radius 1 is 1.08 bits per heavy atom. The molecule has 1 heterocycles. The van der Waals surface area contributed by atoms with Crippen LogP contribution in [0.1, 0.15) is 42.4 Å². The summed E-state index contributed by atoms with van der Waals surface area (Å²) in [6.07, 6.45) is -0.472. The molecule has 2 rings (SSSR count). The van der Waals surface area contributed by atoms with E-state index in [1.54, 1.807) is 30.3 Å². The normalized spacial score (nSPS) is 10.9. The highest BCUT2D eigenvalue weighted by Gasteiger charge is 2.15. The highest BCUT2D eigenvalue weighted by atomic mass is 16.6. The maximum atomic E-state index is 12.2. The van der Waals surface area contributed by atoms with Crippen LogP contribution in [0.25, 0.3) is 0 Å². The van der Waals surface area contributed by atoms with E-state index in [1.807, 2.05) is 39.8 Å². The summed E-state index contributed by atoms with van der Waals surface area (Å²) >= 11 is 0. The zero-order valence-electron chi connectivity index (χ0n) is 14.9. The lowest BCUT2D eigenvalue weighted by Crippen LogP contribution is -2.32. The second kappa shape index (κ2) is 7.79. The van der Waals surface area contributed by atoms with E-state index in [0.717, 1.165) is 11.3 Å². The molecular formula is C19H23N3O3. The Morgan fingerprint density at radius 3 is 2.36 bits per heavy atom. The molecule has 0 atom stereocenters. The number of nitrogens with zero attached hydrogens (tertiary/aromatic N) is 1. The summed E-state index contributed by atoms with van der Waals surface area (Å²) in [4.78, 5) is 28.1. The van der Waals surface area contributed by atoms with Crippen molar-refractivity contribution in [1.29, 1.82) is 0 Å². The third-order valence-corrected chi connectivity index (χ3v) is 3.18. The fourth-order valence-corrected chi connectivity index (χ4v) is 2.06. The van der Waals surface area contributed by atoms with Gasteiger partial charge in [-0.05, 0) is 57.5 Å². The van der Waals surface area contributed by atoms with Gasteiger partial charge >= 0.3 is 6.09 Å². The van der Waals surface area contributed by atoms with Gasteiger partial charge in [-0.15, -0.1) is 0 Å². The predicted molar refractivity (Wildman–Crippen MR) is 96.4 cm³/mol.